The van der Waals surface area contributed by atoms with Crippen molar-refractivity contribution in [3.05, 3.63) is 59.0 Å². The second-order valence-corrected chi connectivity index (χ2v) is 5.87. The van der Waals surface area contributed by atoms with Crippen molar-refractivity contribution in [2.75, 3.05) is 19.7 Å². The third kappa shape index (κ3) is 3.33. The number of carbonyl (C=O) groups is 2. The van der Waals surface area contributed by atoms with Crippen molar-refractivity contribution in [2.24, 2.45) is 5.73 Å². The number of hydrogen-bond donors (Lipinski definition) is 1. The average molecular weight is 328 g/mol. The summed E-state index contributed by atoms with van der Waals surface area (Å²) in [6.45, 7) is 3.46. The van der Waals surface area contributed by atoms with Gasteiger partial charge in [-0.2, -0.15) is 0 Å². The molecule has 1 aliphatic rings. The number of morpholine rings is 1. The molecule has 6 heteroatoms. The fourth-order valence-corrected chi connectivity index (χ4v) is 2.97. The molecule has 1 unspecified atom stereocenters. The zero-order chi connectivity index (χ0) is 17.1. The van der Waals surface area contributed by atoms with Crippen LogP contribution in [0, 0.1) is 6.92 Å². The van der Waals surface area contributed by atoms with Crippen LogP contribution in [0.5, 0.6) is 0 Å². The molecule has 126 valence electrons. The van der Waals surface area contributed by atoms with Gasteiger partial charge in [0.05, 0.1) is 31.4 Å². The summed E-state index contributed by atoms with van der Waals surface area (Å²) in [4.78, 5) is 25.6. The van der Waals surface area contributed by atoms with Gasteiger partial charge in [-0.05, 0) is 24.1 Å². The second-order valence-electron chi connectivity index (χ2n) is 5.87. The second kappa shape index (κ2) is 6.88. The number of rotatable bonds is 4. The van der Waals surface area contributed by atoms with Crippen molar-refractivity contribution >= 4 is 11.8 Å². The first-order valence-electron chi connectivity index (χ1n) is 7.87. The number of carbonyl (C=O) groups excluding carboxylic acids is 2. The van der Waals surface area contributed by atoms with E-state index < -0.39 is 5.91 Å². The zero-order valence-corrected chi connectivity index (χ0v) is 13.5. The number of aryl methyl sites for hydroxylation is 1. The highest BCUT2D eigenvalue weighted by atomic mass is 16.5. The lowest BCUT2D eigenvalue weighted by molar-refractivity contribution is -0.117. The summed E-state index contributed by atoms with van der Waals surface area (Å²) in [6.07, 6.45) is 1.17. The minimum atomic E-state index is -0.529. The summed E-state index contributed by atoms with van der Waals surface area (Å²) in [6, 6.07) is 9.57. The van der Waals surface area contributed by atoms with Gasteiger partial charge in [0.2, 0.25) is 5.91 Å². The molecule has 0 bridgehead atoms. The van der Waals surface area contributed by atoms with Gasteiger partial charge in [0, 0.05) is 6.54 Å². The smallest absolute Gasteiger partial charge is 0.257 e. The number of ether oxygens (including phenoxy) is 1. The van der Waals surface area contributed by atoms with Gasteiger partial charge in [-0.25, -0.2) is 0 Å². The van der Waals surface area contributed by atoms with E-state index in [0.717, 1.165) is 11.1 Å². The minimum Gasteiger partial charge on any atom is -0.468 e. The maximum absolute atomic E-state index is 12.8. The Hall–Kier alpha value is -2.60. The van der Waals surface area contributed by atoms with Crippen molar-refractivity contribution in [1.29, 1.82) is 0 Å². The van der Waals surface area contributed by atoms with E-state index in [2.05, 4.69) is 0 Å². The predicted octanol–water partition coefficient (Wildman–Crippen LogP) is 1.83. The Labute approximate surface area is 140 Å². The topological polar surface area (TPSA) is 85.8 Å². The van der Waals surface area contributed by atoms with Crippen LogP contribution in [-0.4, -0.2) is 36.4 Å². The molecule has 1 atom stereocenters. The Morgan fingerprint density at radius 2 is 2.08 bits per heavy atom. The summed E-state index contributed by atoms with van der Waals surface area (Å²) < 4.78 is 11.1. The quantitative estimate of drug-likeness (QED) is 0.928. The lowest BCUT2D eigenvalue weighted by Crippen LogP contribution is -2.42. The molecular formula is C18H20N2O4. The molecule has 3 rings (SSSR count). The fourth-order valence-electron chi connectivity index (χ4n) is 2.97. The van der Waals surface area contributed by atoms with Crippen LogP contribution in [0.4, 0.5) is 0 Å². The van der Waals surface area contributed by atoms with Crippen LogP contribution in [0.3, 0.4) is 0 Å². The van der Waals surface area contributed by atoms with Gasteiger partial charge in [-0.3, -0.25) is 9.59 Å². The van der Waals surface area contributed by atoms with Crippen molar-refractivity contribution in [2.45, 2.75) is 19.4 Å². The molecule has 1 aromatic heterocycles. The molecule has 1 fully saturated rings. The van der Waals surface area contributed by atoms with E-state index in [-0.39, 0.29) is 18.4 Å². The van der Waals surface area contributed by atoms with Crippen LogP contribution in [0.25, 0.3) is 0 Å². The van der Waals surface area contributed by atoms with E-state index in [4.69, 9.17) is 14.9 Å². The number of hydrogen-bond acceptors (Lipinski definition) is 4. The van der Waals surface area contributed by atoms with Gasteiger partial charge in [-0.15, -0.1) is 0 Å². The standard InChI is InChI=1S/C18H20N2O4/c1-12-4-2-3-5-13(12)16-11-20(7-9-24-16)18(22)14-6-8-23-15(14)10-17(19)21/h2-6,8,16H,7,9-11H2,1H3,(H2,19,21). The third-order valence-electron chi connectivity index (χ3n) is 4.20. The highest BCUT2D eigenvalue weighted by Crippen LogP contribution is 2.26. The van der Waals surface area contributed by atoms with E-state index in [1.54, 1.807) is 11.0 Å². The minimum absolute atomic E-state index is 0.0837. The molecule has 1 aromatic carbocycles. The number of primary amides is 1. The van der Waals surface area contributed by atoms with E-state index in [1.807, 2.05) is 31.2 Å². The molecule has 2 amide bonds. The van der Waals surface area contributed by atoms with E-state index in [1.165, 1.54) is 6.26 Å². The highest BCUT2D eigenvalue weighted by molar-refractivity contribution is 5.96. The van der Waals surface area contributed by atoms with Crippen molar-refractivity contribution in [1.82, 2.24) is 4.90 Å². The monoisotopic (exact) mass is 328 g/mol. The molecular weight excluding hydrogens is 308 g/mol. The van der Waals surface area contributed by atoms with Crippen LogP contribution in [0.1, 0.15) is 33.3 Å². The van der Waals surface area contributed by atoms with Gasteiger partial charge in [0.1, 0.15) is 11.9 Å². The Kier molecular flexibility index (Phi) is 4.66. The Morgan fingerprint density at radius 1 is 1.29 bits per heavy atom. The van der Waals surface area contributed by atoms with Crippen LogP contribution in [0.15, 0.2) is 41.0 Å². The van der Waals surface area contributed by atoms with Gasteiger partial charge in [-0.1, -0.05) is 24.3 Å². The number of nitrogens with two attached hydrogens (primary N) is 1. The van der Waals surface area contributed by atoms with Gasteiger partial charge in [0.15, 0.2) is 0 Å². The van der Waals surface area contributed by atoms with E-state index >= 15 is 0 Å². The molecule has 24 heavy (non-hydrogen) atoms. The highest BCUT2D eigenvalue weighted by Gasteiger charge is 2.29. The maximum Gasteiger partial charge on any atom is 0.257 e. The molecule has 2 heterocycles. The Bertz CT molecular complexity index is 753. The molecule has 0 saturated carbocycles. The first-order chi connectivity index (χ1) is 11.6. The van der Waals surface area contributed by atoms with Crippen LogP contribution in [0.2, 0.25) is 0 Å². The lowest BCUT2D eigenvalue weighted by atomic mass is 10.0. The van der Waals surface area contributed by atoms with E-state index in [0.29, 0.717) is 31.0 Å². The lowest BCUT2D eigenvalue weighted by Gasteiger charge is -2.33. The van der Waals surface area contributed by atoms with Crippen LogP contribution >= 0.6 is 0 Å². The first-order valence-corrected chi connectivity index (χ1v) is 7.87. The van der Waals surface area contributed by atoms with Crippen LogP contribution in [-0.2, 0) is 16.0 Å². The largest absolute Gasteiger partial charge is 0.468 e. The molecule has 6 nitrogen and oxygen atoms in total. The summed E-state index contributed by atoms with van der Waals surface area (Å²) in [5, 5.41) is 0. The molecule has 2 N–H and O–H groups in total. The van der Waals surface area contributed by atoms with Crippen molar-refractivity contribution < 1.29 is 18.7 Å². The summed E-state index contributed by atoms with van der Waals surface area (Å²) >= 11 is 0. The molecule has 0 aliphatic carbocycles. The molecule has 2 aromatic rings. The van der Waals surface area contributed by atoms with Gasteiger partial charge < -0.3 is 19.8 Å². The SMILES string of the molecule is Cc1ccccc1C1CN(C(=O)c2ccoc2CC(N)=O)CCO1. The zero-order valence-electron chi connectivity index (χ0n) is 13.5. The first kappa shape index (κ1) is 16.3. The molecule has 0 radical (unpaired) electrons. The normalized spacial score (nSPS) is 17.7. The average Bonchev–Trinajstić information content (AvgIpc) is 3.02. The molecule has 0 spiro atoms. The molecule has 1 aliphatic heterocycles. The third-order valence-corrected chi connectivity index (χ3v) is 4.20. The number of benzene rings is 1. The van der Waals surface area contributed by atoms with Crippen molar-refractivity contribution in [3.8, 4) is 0 Å². The number of nitrogens with zero attached hydrogens (tertiary/aromatic N) is 1. The Balaban J connectivity index is 1.78. The van der Waals surface area contributed by atoms with Gasteiger partial charge >= 0.3 is 0 Å². The summed E-state index contributed by atoms with van der Waals surface area (Å²) in [5.74, 6) is -0.382. The van der Waals surface area contributed by atoms with E-state index in [9.17, 15) is 9.59 Å². The summed E-state index contributed by atoms with van der Waals surface area (Å²) in [5.41, 5.74) is 7.81. The summed E-state index contributed by atoms with van der Waals surface area (Å²) in [7, 11) is 0. The fraction of sp³-hybridized carbons (Fsp3) is 0.333. The maximum atomic E-state index is 12.8. The van der Waals surface area contributed by atoms with Crippen LogP contribution < -0.4 is 5.73 Å². The van der Waals surface area contributed by atoms with Crippen molar-refractivity contribution in [3.63, 3.8) is 0 Å². The van der Waals surface area contributed by atoms with Gasteiger partial charge in [0.25, 0.3) is 5.91 Å². The molecule has 1 saturated heterocycles. The predicted molar refractivity (Wildman–Crippen MR) is 87.4 cm³/mol. The number of amides is 2. The number of furan rings is 1. The Morgan fingerprint density at radius 3 is 2.83 bits per heavy atom.